The molecule has 0 radical (unpaired) electrons. The first kappa shape index (κ1) is 14.3. The zero-order chi connectivity index (χ0) is 8.69. The molecule has 0 spiro atoms. The van der Waals surface area contributed by atoms with Gasteiger partial charge in [0.05, 0.1) is 0 Å². The van der Waals surface area contributed by atoms with Crippen LogP contribution in [-0.2, 0) is 0 Å². The van der Waals surface area contributed by atoms with Gasteiger partial charge in [-0.2, -0.15) is 0 Å². The molecule has 0 heterocycles. The molecule has 0 aromatic carbocycles. The highest BCUT2D eigenvalue weighted by Gasteiger charge is 2.28. The largest absolute Gasteiger partial charge is 0.0885 e. The van der Waals surface area contributed by atoms with Crippen molar-refractivity contribution >= 4 is 0 Å². The average molecular weight is 170 g/mol. The molecule has 0 bridgehead atoms. The summed E-state index contributed by atoms with van der Waals surface area (Å²) in [5.74, 6) is 1.92. The van der Waals surface area contributed by atoms with Crippen LogP contribution < -0.4 is 0 Å². The standard InChI is InChI=1S/C8H14.C3H8.CH4/c1-3-4-5-8-6-7(8)2;1-3-2;/h4-5,7-8H,3,6H2,1-2H3;3H2,1-2H3;1H4. The topological polar surface area (TPSA) is 0 Å². The fraction of sp³-hybridized carbons (Fsp3) is 0.833. The van der Waals surface area contributed by atoms with Crippen LogP contribution in [0.1, 0.15) is 54.4 Å². The van der Waals surface area contributed by atoms with Crippen molar-refractivity contribution in [1.82, 2.24) is 0 Å². The van der Waals surface area contributed by atoms with E-state index in [9.17, 15) is 0 Å². The molecule has 1 saturated carbocycles. The molecule has 2 atom stereocenters. The Kier molecular flexibility index (Phi) is 10.5. The van der Waals surface area contributed by atoms with Gasteiger partial charge < -0.3 is 0 Å². The summed E-state index contributed by atoms with van der Waals surface area (Å²) in [6, 6.07) is 0. The molecule has 0 heteroatoms. The predicted molar refractivity (Wildman–Crippen MR) is 59.4 cm³/mol. The van der Waals surface area contributed by atoms with Crippen molar-refractivity contribution < 1.29 is 0 Å². The number of rotatable bonds is 2. The van der Waals surface area contributed by atoms with Gasteiger partial charge in [0.25, 0.3) is 0 Å². The molecule has 1 aliphatic carbocycles. The summed E-state index contributed by atoms with van der Waals surface area (Å²) >= 11 is 0. The summed E-state index contributed by atoms with van der Waals surface area (Å²) in [4.78, 5) is 0. The van der Waals surface area contributed by atoms with Gasteiger partial charge in [-0.15, -0.1) is 0 Å². The van der Waals surface area contributed by atoms with Crippen LogP contribution in [0.15, 0.2) is 12.2 Å². The third-order valence-electron chi connectivity index (χ3n) is 1.79. The van der Waals surface area contributed by atoms with Gasteiger partial charge in [-0.1, -0.05) is 53.7 Å². The molecular formula is C12H26. The van der Waals surface area contributed by atoms with Gasteiger partial charge in [-0.25, -0.2) is 0 Å². The van der Waals surface area contributed by atoms with Crippen LogP contribution in [0.3, 0.4) is 0 Å². The van der Waals surface area contributed by atoms with E-state index in [1.165, 1.54) is 19.3 Å². The lowest BCUT2D eigenvalue weighted by Crippen LogP contribution is -1.66. The lowest BCUT2D eigenvalue weighted by Gasteiger charge is -1.79. The Morgan fingerprint density at radius 1 is 1.25 bits per heavy atom. The molecule has 74 valence electrons. The van der Waals surface area contributed by atoms with Gasteiger partial charge >= 0.3 is 0 Å². The van der Waals surface area contributed by atoms with Gasteiger partial charge in [0.1, 0.15) is 0 Å². The second kappa shape index (κ2) is 8.83. The highest BCUT2D eigenvalue weighted by atomic mass is 14.3. The van der Waals surface area contributed by atoms with Crippen LogP contribution in [0, 0.1) is 11.8 Å². The Balaban J connectivity index is 0. The maximum atomic E-state index is 2.35. The molecule has 1 rings (SSSR count). The summed E-state index contributed by atoms with van der Waals surface area (Å²) in [6.45, 7) is 8.74. The monoisotopic (exact) mass is 170 g/mol. The Labute approximate surface area is 79.1 Å². The van der Waals surface area contributed by atoms with Gasteiger partial charge in [-0.05, 0) is 24.7 Å². The predicted octanol–water partition coefficient (Wildman–Crippen LogP) is 4.66. The molecule has 0 aromatic heterocycles. The van der Waals surface area contributed by atoms with Crippen LogP contribution >= 0.6 is 0 Å². The van der Waals surface area contributed by atoms with E-state index in [1.807, 2.05) is 0 Å². The van der Waals surface area contributed by atoms with Crippen molar-refractivity contribution in [3.8, 4) is 0 Å². The van der Waals surface area contributed by atoms with Crippen molar-refractivity contribution in [2.45, 2.75) is 54.4 Å². The van der Waals surface area contributed by atoms with E-state index in [4.69, 9.17) is 0 Å². The van der Waals surface area contributed by atoms with Crippen molar-refractivity contribution in [2.75, 3.05) is 0 Å². The van der Waals surface area contributed by atoms with E-state index >= 15 is 0 Å². The molecule has 0 amide bonds. The Morgan fingerprint density at radius 2 is 1.67 bits per heavy atom. The van der Waals surface area contributed by atoms with Crippen LogP contribution in [-0.4, -0.2) is 0 Å². The van der Waals surface area contributed by atoms with Gasteiger partial charge in [0.15, 0.2) is 0 Å². The SMILES string of the molecule is C.CCC.CCC=CC1CC1C. The minimum absolute atomic E-state index is 0. The van der Waals surface area contributed by atoms with E-state index in [0.717, 1.165) is 11.8 Å². The van der Waals surface area contributed by atoms with E-state index in [1.54, 1.807) is 0 Å². The first-order valence-electron chi connectivity index (χ1n) is 4.92. The van der Waals surface area contributed by atoms with E-state index < -0.39 is 0 Å². The molecule has 1 fully saturated rings. The highest BCUT2D eigenvalue weighted by Crippen LogP contribution is 2.38. The lowest BCUT2D eigenvalue weighted by molar-refractivity contribution is 0.895. The van der Waals surface area contributed by atoms with Crippen LogP contribution in [0.5, 0.6) is 0 Å². The molecular weight excluding hydrogens is 144 g/mol. The number of allylic oxidation sites excluding steroid dienone is 2. The average Bonchev–Trinajstić information content (AvgIpc) is 2.64. The molecule has 12 heavy (non-hydrogen) atoms. The minimum Gasteiger partial charge on any atom is -0.0885 e. The number of hydrogen-bond donors (Lipinski definition) is 0. The minimum atomic E-state index is 0. The maximum Gasteiger partial charge on any atom is -0.0205 e. The first-order chi connectivity index (χ1) is 5.26. The van der Waals surface area contributed by atoms with Crippen molar-refractivity contribution in [3.05, 3.63) is 12.2 Å². The molecule has 1 aliphatic rings. The fourth-order valence-electron chi connectivity index (χ4n) is 0.930. The zero-order valence-corrected chi connectivity index (χ0v) is 8.43. The normalized spacial score (nSPS) is 25.7. The Bertz CT molecular complexity index is 103. The maximum absolute atomic E-state index is 2.35. The summed E-state index contributed by atoms with van der Waals surface area (Å²) in [5.41, 5.74) is 0. The quantitative estimate of drug-likeness (QED) is 0.529. The van der Waals surface area contributed by atoms with Gasteiger partial charge in [0.2, 0.25) is 0 Å². The zero-order valence-electron chi connectivity index (χ0n) is 8.43. The second-order valence-electron chi connectivity index (χ2n) is 3.42. The summed E-state index contributed by atoms with van der Waals surface area (Å²) in [7, 11) is 0. The second-order valence-corrected chi connectivity index (χ2v) is 3.42. The molecule has 2 unspecified atom stereocenters. The smallest absolute Gasteiger partial charge is 0.0205 e. The third kappa shape index (κ3) is 7.84. The molecule has 0 saturated heterocycles. The third-order valence-corrected chi connectivity index (χ3v) is 1.79. The van der Waals surface area contributed by atoms with Crippen molar-refractivity contribution in [3.63, 3.8) is 0 Å². The molecule has 0 aromatic rings. The van der Waals surface area contributed by atoms with E-state index in [-0.39, 0.29) is 7.43 Å². The molecule has 0 aliphatic heterocycles. The van der Waals surface area contributed by atoms with Crippen LogP contribution in [0.2, 0.25) is 0 Å². The summed E-state index contributed by atoms with van der Waals surface area (Å²) < 4.78 is 0. The van der Waals surface area contributed by atoms with Crippen molar-refractivity contribution in [1.29, 1.82) is 0 Å². The van der Waals surface area contributed by atoms with Crippen molar-refractivity contribution in [2.24, 2.45) is 11.8 Å². The molecule has 0 nitrogen and oxygen atoms in total. The number of hydrogen-bond acceptors (Lipinski definition) is 0. The van der Waals surface area contributed by atoms with Gasteiger partial charge in [-0.3, -0.25) is 0 Å². The van der Waals surface area contributed by atoms with E-state index in [2.05, 4.69) is 39.8 Å². The molecule has 0 N–H and O–H groups in total. The van der Waals surface area contributed by atoms with E-state index in [0.29, 0.717) is 0 Å². The summed E-state index contributed by atoms with van der Waals surface area (Å²) in [5, 5.41) is 0. The first-order valence-corrected chi connectivity index (χ1v) is 4.92. The Morgan fingerprint density at radius 3 is 1.92 bits per heavy atom. The fourth-order valence-corrected chi connectivity index (χ4v) is 0.930. The highest BCUT2D eigenvalue weighted by molar-refractivity contribution is 4.99. The Hall–Kier alpha value is -0.260. The summed E-state index contributed by atoms with van der Waals surface area (Å²) in [6.07, 6.45) is 8.50. The van der Waals surface area contributed by atoms with Gasteiger partial charge in [0, 0.05) is 0 Å². The van der Waals surface area contributed by atoms with Crippen LogP contribution in [0.4, 0.5) is 0 Å². The lowest BCUT2D eigenvalue weighted by atomic mass is 10.3. The van der Waals surface area contributed by atoms with Crippen LogP contribution in [0.25, 0.3) is 0 Å².